The molecule has 0 aliphatic heterocycles. The number of carbonyl (C=O) groups is 2. The summed E-state index contributed by atoms with van der Waals surface area (Å²) in [4.78, 5) is 22.8. The average Bonchev–Trinajstić information content (AvgIpc) is 2.28. The van der Waals surface area contributed by atoms with Gasteiger partial charge in [-0.05, 0) is 33.3 Å². The molecule has 1 atom stereocenters. The Balaban J connectivity index is 2.79. The van der Waals surface area contributed by atoms with Crippen LogP contribution < -0.4 is 5.32 Å². The predicted octanol–water partition coefficient (Wildman–Crippen LogP) is 2.25. The number of aliphatic carboxylic acids is 1. The van der Waals surface area contributed by atoms with Gasteiger partial charge in [-0.25, -0.2) is 0 Å². The third-order valence-electron chi connectivity index (χ3n) is 3.20. The van der Waals surface area contributed by atoms with Gasteiger partial charge in [0.25, 0.3) is 0 Å². The Morgan fingerprint density at radius 3 is 2.26 bits per heavy atom. The van der Waals surface area contributed by atoms with Crippen molar-refractivity contribution < 1.29 is 14.7 Å². The summed E-state index contributed by atoms with van der Waals surface area (Å²) in [5.41, 5.74) is 1.37. The molecule has 0 saturated carbocycles. The highest BCUT2D eigenvalue weighted by Crippen LogP contribution is 2.24. The molecule has 1 aromatic carbocycles. The Morgan fingerprint density at radius 2 is 1.79 bits per heavy atom. The fraction of sp³-hybridized carbons (Fsp3) is 0.467. The molecule has 0 aliphatic carbocycles. The third kappa shape index (κ3) is 4.09. The number of nitrogens with one attached hydrogen (secondary N) is 1. The first-order chi connectivity index (χ1) is 8.73. The smallest absolute Gasteiger partial charge is 0.305 e. The van der Waals surface area contributed by atoms with Gasteiger partial charge in [0.2, 0.25) is 5.91 Å². The van der Waals surface area contributed by atoms with Crippen molar-refractivity contribution in [2.45, 2.75) is 45.6 Å². The van der Waals surface area contributed by atoms with Crippen molar-refractivity contribution in [3.8, 4) is 0 Å². The van der Waals surface area contributed by atoms with E-state index in [1.807, 2.05) is 45.0 Å². The minimum atomic E-state index is -0.916. The van der Waals surface area contributed by atoms with Crippen LogP contribution in [0.25, 0.3) is 0 Å². The maximum Gasteiger partial charge on any atom is 0.305 e. The van der Waals surface area contributed by atoms with Crippen LogP contribution in [0.4, 0.5) is 0 Å². The second kappa shape index (κ2) is 5.87. The molecule has 0 aromatic heterocycles. The molecule has 1 rings (SSSR count). The van der Waals surface area contributed by atoms with E-state index in [1.165, 1.54) is 0 Å². The summed E-state index contributed by atoms with van der Waals surface area (Å²) in [6, 6.07) is 7.40. The highest BCUT2D eigenvalue weighted by molar-refractivity contribution is 5.87. The first-order valence-electron chi connectivity index (χ1n) is 6.33. The first kappa shape index (κ1) is 15.2. The third-order valence-corrected chi connectivity index (χ3v) is 3.20. The number of benzene rings is 1. The number of rotatable bonds is 5. The van der Waals surface area contributed by atoms with Gasteiger partial charge >= 0.3 is 5.97 Å². The van der Waals surface area contributed by atoms with Gasteiger partial charge < -0.3 is 10.4 Å². The normalized spacial score (nSPS) is 12.8. The van der Waals surface area contributed by atoms with Crippen molar-refractivity contribution in [3.63, 3.8) is 0 Å². The summed E-state index contributed by atoms with van der Waals surface area (Å²) < 4.78 is 0. The van der Waals surface area contributed by atoms with Gasteiger partial charge in [-0.15, -0.1) is 0 Å². The molecule has 4 nitrogen and oxygen atoms in total. The van der Waals surface area contributed by atoms with E-state index in [9.17, 15) is 9.59 Å². The molecular weight excluding hydrogens is 242 g/mol. The first-order valence-corrected chi connectivity index (χ1v) is 6.33. The maximum atomic E-state index is 12.2. The van der Waals surface area contributed by atoms with Crippen LogP contribution in [0.15, 0.2) is 24.3 Å². The highest BCUT2D eigenvalue weighted by atomic mass is 16.4. The number of hydrogen-bond acceptors (Lipinski definition) is 2. The monoisotopic (exact) mass is 263 g/mol. The van der Waals surface area contributed by atoms with E-state index in [0.29, 0.717) is 0 Å². The second-order valence-corrected chi connectivity index (χ2v) is 5.46. The van der Waals surface area contributed by atoms with Crippen LogP contribution >= 0.6 is 0 Å². The van der Waals surface area contributed by atoms with E-state index < -0.39 is 11.4 Å². The van der Waals surface area contributed by atoms with Crippen molar-refractivity contribution >= 4 is 11.9 Å². The van der Waals surface area contributed by atoms with Crippen LogP contribution in [-0.2, 0) is 15.0 Å². The number of amides is 1. The highest BCUT2D eigenvalue weighted by Gasteiger charge is 2.30. The van der Waals surface area contributed by atoms with E-state index >= 15 is 0 Å². The zero-order chi connectivity index (χ0) is 14.6. The molecule has 0 heterocycles. The van der Waals surface area contributed by atoms with Gasteiger partial charge in [0, 0.05) is 6.04 Å². The van der Waals surface area contributed by atoms with E-state index in [1.54, 1.807) is 6.92 Å². The van der Waals surface area contributed by atoms with Crippen LogP contribution in [0, 0.1) is 6.92 Å². The number of hydrogen-bond donors (Lipinski definition) is 2. The molecule has 4 heteroatoms. The fourth-order valence-electron chi connectivity index (χ4n) is 1.82. The number of carbonyl (C=O) groups excluding carboxylic acids is 1. The lowest BCUT2D eigenvalue weighted by molar-refractivity contribution is -0.137. The molecule has 0 radical (unpaired) electrons. The van der Waals surface area contributed by atoms with Gasteiger partial charge in [-0.2, -0.15) is 0 Å². The number of carboxylic acid groups (broad SMARTS) is 1. The topological polar surface area (TPSA) is 66.4 Å². The van der Waals surface area contributed by atoms with E-state index in [-0.39, 0.29) is 18.4 Å². The second-order valence-electron chi connectivity index (χ2n) is 5.46. The molecule has 0 fully saturated rings. The molecule has 1 amide bonds. The summed E-state index contributed by atoms with van der Waals surface area (Å²) in [7, 11) is 0. The SMILES string of the molecule is Cc1ccc(C(C)(C)C(=O)NC(C)CC(=O)O)cc1. The van der Waals surface area contributed by atoms with Crippen LogP contribution in [0.5, 0.6) is 0 Å². The molecule has 0 saturated heterocycles. The number of carboxylic acids is 1. The van der Waals surface area contributed by atoms with Crippen molar-refractivity contribution in [1.82, 2.24) is 5.32 Å². The minimum absolute atomic E-state index is 0.0737. The van der Waals surface area contributed by atoms with Gasteiger partial charge in [0.1, 0.15) is 0 Å². The molecule has 0 bridgehead atoms. The lowest BCUT2D eigenvalue weighted by Gasteiger charge is -2.26. The molecule has 1 aromatic rings. The molecule has 2 N–H and O–H groups in total. The van der Waals surface area contributed by atoms with Crippen LogP contribution in [-0.4, -0.2) is 23.0 Å². The molecule has 104 valence electrons. The lowest BCUT2D eigenvalue weighted by Crippen LogP contribution is -2.44. The van der Waals surface area contributed by atoms with E-state index in [0.717, 1.165) is 11.1 Å². The largest absolute Gasteiger partial charge is 0.481 e. The van der Waals surface area contributed by atoms with Crippen LogP contribution in [0.2, 0.25) is 0 Å². The minimum Gasteiger partial charge on any atom is -0.481 e. The van der Waals surface area contributed by atoms with Crippen LogP contribution in [0.3, 0.4) is 0 Å². The van der Waals surface area contributed by atoms with Gasteiger partial charge in [-0.1, -0.05) is 29.8 Å². The van der Waals surface area contributed by atoms with E-state index in [2.05, 4.69) is 5.32 Å². The van der Waals surface area contributed by atoms with Crippen molar-refractivity contribution in [1.29, 1.82) is 0 Å². The van der Waals surface area contributed by atoms with Gasteiger partial charge in [-0.3, -0.25) is 9.59 Å². The fourth-order valence-corrected chi connectivity index (χ4v) is 1.82. The average molecular weight is 263 g/mol. The Labute approximate surface area is 113 Å². The van der Waals surface area contributed by atoms with Crippen molar-refractivity contribution in [2.24, 2.45) is 0 Å². The summed E-state index contributed by atoms with van der Waals surface area (Å²) in [5, 5.41) is 11.4. The molecule has 0 spiro atoms. The maximum absolute atomic E-state index is 12.2. The predicted molar refractivity (Wildman–Crippen MR) is 74.1 cm³/mol. The molecular formula is C15H21NO3. The van der Waals surface area contributed by atoms with Crippen molar-refractivity contribution in [3.05, 3.63) is 35.4 Å². The zero-order valence-electron chi connectivity index (χ0n) is 11.9. The summed E-state index contributed by atoms with van der Waals surface area (Å²) in [6.07, 6.45) is -0.0737. The summed E-state index contributed by atoms with van der Waals surface area (Å²) in [5.74, 6) is -1.08. The Kier molecular flexibility index (Phi) is 4.70. The lowest BCUT2D eigenvalue weighted by atomic mass is 9.83. The molecule has 1 unspecified atom stereocenters. The number of aryl methyl sites for hydroxylation is 1. The van der Waals surface area contributed by atoms with Gasteiger partial charge in [0.15, 0.2) is 0 Å². The van der Waals surface area contributed by atoms with Gasteiger partial charge in [0.05, 0.1) is 11.8 Å². The Morgan fingerprint density at radius 1 is 1.26 bits per heavy atom. The quantitative estimate of drug-likeness (QED) is 0.856. The van der Waals surface area contributed by atoms with Crippen molar-refractivity contribution in [2.75, 3.05) is 0 Å². The summed E-state index contributed by atoms with van der Waals surface area (Å²) in [6.45, 7) is 7.35. The van der Waals surface area contributed by atoms with Crippen LogP contribution in [0.1, 0.15) is 38.3 Å². The Bertz CT molecular complexity index is 463. The standard InChI is InChI=1S/C15H21NO3/c1-10-5-7-12(8-6-10)15(3,4)14(19)16-11(2)9-13(17)18/h5-8,11H,9H2,1-4H3,(H,16,19)(H,17,18). The van der Waals surface area contributed by atoms with E-state index in [4.69, 9.17) is 5.11 Å². The molecule has 19 heavy (non-hydrogen) atoms. The Hall–Kier alpha value is -1.84. The molecule has 0 aliphatic rings. The zero-order valence-corrected chi connectivity index (χ0v) is 11.9. The summed E-state index contributed by atoms with van der Waals surface area (Å²) >= 11 is 0.